The van der Waals surface area contributed by atoms with E-state index in [4.69, 9.17) is 0 Å². The van der Waals surface area contributed by atoms with Crippen molar-refractivity contribution in [2.75, 3.05) is 51.2 Å². The molecule has 0 bridgehead atoms. The molecule has 1 fully saturated rings. The maximum absolute atomic E-state index is 4.34. The number of nitrogens with zero attached hydrogens (tertiary/aromatic N) is 5. The summed E-state index contributed by atoms with van der Waals surface area (Å²) in [4.78, 5) is 17.7. The van der Waals surface area contributed by atoms with E-state index in [1.807, 2.05) is 13.1 Å². The van der Waals surface area contributed by atoms with E-state index >= 15 is 0 Å². The van der Waals surface area contributed by atoms with Crippen LogP contribution in [-0.2, 0) is 13.0 Å². The molecule has 7 heteroatoms. The Morgan fingerprint density at radius 1 is 1.00 bits per heavy atom. The van der Waals surface area contributed by atoms with Crippen molar-refractivity contribution in [1.82, 2.24) is 25.5 Å². The highest BCUT2D eigenvalue weighted by Gasteiger charge is 2.18. The van der Waals surface area contributed by atoms with Crippen molar-refractivity contribution in [3.05, 3.63) is 53.9 Å². The zero-order valence-corrected chi connectivity index (χ0v) is 16.9. The Kier molecular flexibility index (Phi) is 7.61. The fourth-order valence-electron chi connectivity index (χ4n) is 3.43. The summed E-state index contributed by atoms with van der Waals surface area (Å²) in [6.45, 7) is 8.82. The Labute approximate surface area is 167 Å². The molecule has 0 amide bonds. The minimum absolute atomic E-state index is 0.791. The minimum atomic E-state index is 0.791. The van der Waals surface area contributed by atoms with Crippen molar-refractivity contribution in [3.63, 3.8) is 0 Å². The number of guanidine groups is 1. The van der Waals surface area contributed by atoms with E-state index in [9.17, 15) is 0 Å². The largest absolute Gasteiger partial charge is 0.355 e. The average Bonchev–Trinajstić information content (AvgIpc) is 2.77. The van der Waals surface area contributed by atoms with Crippen LogP contribution >= 0.6 is 0 Å². The van der Waals surface area contributed by atoms with Gasteiger partial charge in [-0.15, -0.1) is 0 Å². The van der Waals surface area contributed by atoms with Crippen LogP contribution in [0.25, 0.3) is 0 Å². The van der Waals surface area contributed by atoms with Crippen molar-refractivity contribution in [2.24, 2.45) is 4.99 Å². The summed E-state index contributed by atoms with van der Waals surface area (Å²) in [6, 6.07) is 10.4. The Hall–Kier alpha value is -2.67. The third-order valence-electron chi connectivity index (χ3n) is 5.10. The normalized spacial score (nSPS) is 15.5. The van der Waals surface area contributed by atoms with E-state index in [0.29, 0.717) is 0 Å². The number of anilines is 1. The van der Waals surface area contributed by atoms with Gasteiger partial charge in [0.15, 0.2) is 5.96 Å². The molecule has 7 nitrogen and oxygen atoms in total. The lowest BCUT2D eigenvalue weighted by atomic mass is 10.1. The van der Waals surface area contributed by atoms with Crippen LogP contribution in [0.1, 0.15) is 18.1 Å². The highest BCUT2D eigenvalue weighted by Crippen LogP contribution is 2.10. The Balaban J connectivity index is 1.37. The summed E-state index contributed by atoms with van der Waals surface area (Å²) in [6.07, 6.45) is 4.65. The van der Waals surface area contributed by atoms with Crippen LogP contribution in [0, 0.1) is 0 Å². The predicted molar refractivity (Wildman–Crippen MR) is 115 cm³/mol. The highest BCUT2D eigenvalue weighted by atomic mass is 15.3. The summed E-state index contributed by atoms with van der Waals surface area (Å²) in [5.41, 5.74) is 2.71. The van der Waals surface area contributed by atoms with Gasteiger partial charge < -0.3 is 15.5 Å². The van der Waals surface area contributed by atoms with Crippen LogP contribution in [-0.4, -0.2) is 67.1 Å². The molecular formula is C21H31N7. The van der Waals surface area contributed by atoms with Gasteiger partial charge in [0, 0.05) is 65.3 Å². The third kappa shape index (κ3) is 5.66. The molecule has 1 aliphatic rings. The van der Waals surface area contributed by atoms with Crippen molar-refractivity contribution in [1.29, 1.82) is 0 Å². The molecule has 0 atom stereocenters. The molecule has 28 heavy (non-hydrogen) atoms. The number of aryl methyl sites for hydroxylation is 1. The van der Waals surface area contributed by atoms with Crippen LogP contribution in [0.2, 0.25) is 0 Å². The van der Waals surface area contributed by atoms with Crippen LogP contribution in [0.5, 0.6) is 0 Å². The van der Waals surface area contributed by atoms with Crippen molar-refractivity contribution in [3.8, 4) is 0 Å². The highest BCUT2D eigenvalue weighted by molar-refractivity contribution is 5.79. The number of aromatic nitrogens is 2. The number of aliphatic imine (C=N–C) groups is 1. The van der Waals surface area contributed by atoms with E-state index in [2.05, 4.69) is 66.6 Å². The lowest BCUT2D eigenvalue weighted by molar-refractivity contribution is 0.260. The molecule has 0 aliphatic carbocycles. The Morgan fingerprint density at radius 3 is 2.39 bits per heavy atom. The van der Waals surface area contributed by atoms with Gasteiger partial charge in [-0.1, -0.05) is 31.2 Å². The first-order valence-electron chi connectivity index (χ1n) is 10.1. The molecule has 1 aromatic heterocycles. The number of nitrogens with one attached hydrogen (secondary N) is 2. The molecule has 1 aliphatic heterocycles. The summed E-state index contributed by atoms with van der Waals surface area (Å²) in [7, 11) is 1.82. The number of benzene rings is 1. The van der Waals surface area contributed by atoms with Gasteiger partial charge in [0.1, 0.15) is 0 Å². The van der Waals surface area contributed by atoms with Crippen LogP contribution < -0.4 is 15.5 Å². The van der Waals surface area contributed by atoms with Gasteiger partial charge in [-0.3, -0.25) is 9.89 Å². The first-order valence-corrected chi connectivity index (χ1v) is 10.1. The van der Waals surface area contributed by atoms with Crippen molar-refractivity contribution in [2.45, 2.75) is 19.9 Å². The van der Waals surface area contributed by atoms with Crippen LogP contribution in [0.3, 0.4) is 0 Å². The molecule has 150 valence electrons. The second kappa shape index (κ2) is 10.6. The van der Waals surface area contributed by atoms with Crippen molar-refractivity contribution >= 4 is 11.9 Å². The minimum Gasteiger partial charge on any atom is -0.355 e. The summed E-state index contributed by atoms with van der Waals surface area (Å²) < 4.78 is 0. The van der Waals surface area contributed by atoms with Crippen LogP contribution in [0.15, 0.2) is 47.7 Å². The lowest BCUT2D eigenvalue weighted by Gasteiger charge is -2.34. The maximum atomic E-state index is 4.34. The standard InChI is InChI=1S/C21H31N7/c1-3-18-7-4-5-8-19(18)17-26-20(22-2)23-11-12-27-13-15-28(16-14-27)21-24-9-6-10-25-21/h4-10H,3,11-17H2,1-2H3,(H2,22,23,26). The Bertz CT molecular complexity index is 739. The fourth-order valence-corrected chi connectivity index (χ4v) is 3.43. The molecule has 0 radical (unpaired) electrons. The third-order valence-corrected chi connectivity index (χ3v) is 5.10. The van der Waals surface area contributed by atoms with Gasteiger partial charge in [-0.05, 0) is 23.6 Å². The monoisotopic (exact) mass is 381 g/mol. The average molecular weight is 382 g/mol. The summed E-state index contributed by atoms with van der Waals surface area (Å²) in [5, 5.41) is 6.85. The zero-order valence-electron chi connectivity index (χ0n) is 16.9. The van der Waals surface area contributed by atoms with E-state index in [1.165, 1.54) is 11.1 Å². The van der Waals surface area contributed by atoms with Gasteiger partial charge in [0.05, 0.1) is 0 Å². The molecule has 2 aromatic rings. The number of piperazine rings is 1. The van der Waals surface area contributed by atoms with Gasteiger partial charge in [0.25, 0.3) is 0 Å². The molecule has 0 saturated carbocycles. The van der Waals surface area contributed by atoms with Gasteiger partial charge in [0.2, 0.25) is 5.95 Å². The van der Waals surface area contributed by atoms with E-state index in [0.717, 1.165) is 64.1 Å². The van der Waals surface area contributed by atoms with Gasteiger partial charge in [-0.2, -0.15) is 0 Å². The zero-order chi connectivity index (χ0) is 19.6. The smallest absolute Gasteiger partial charge is 0.225 e. The number of hydrogen-bond donors (Lipinski definition) is 2. The number of rotatable bonds is 7. The van der Waals surface area contributed by atoms with Crippen LogP contribution in [0.4, 0.5) is 5.95 Å². The molecule has 1 saturated heterocycles. The molecule has 3 rings (SSSR count). The Morgan fingerprint density at radius 2 is 1.71 bits per heavy atom. The summed E-state index contributed by atoms with van der Waals surface area (Å²) in [5.74, 6) is 1.68. The molecule has 2 heterocycles. The lowest BCUT2D eigenvalue weighted by Crippen LogP contribution is -2.49. The summed E-state index contributed by atoms with van der Waals surface area (Å²) >= 11 is 0. The first-order chi connectivity index (χ1) is 13.8. The van der Waals surface area contributed by atoms with Crippen molar-refractivity contribution < 1.29 is 0 Å². The van der Waals surface area contributed by atoms with Gasteiger partial charge in [-0.25, -0.2) is 9.97 Å². The molecular weight excluding hydrogens is 350 g/mol. The maximum Gasteiger partial charge on any atom is 0.225 e. The van der Waals surface area contributed by atoms with E-state index in [1.54, 1.807) is 12.4 Å². The molecule has 0 unspecified atom stereocenters. The SMILES string of the molecule is CCc1ccccc1CNC(=NC)NCCN1CCN(c2ncccn2)CC1. The molecule has 2 N–H and O–H groups in total. The van der Waals surface area contributed by atoms with E-state index < -0.39 is 0 Å². The number of hydrogen-bond acceptors (Lipinski definition) is 5. The predicted octanol–water partition coefficient (Wildman–Crippen LogP) is 1.53. The second-order valence-electron chi connectivity index (χ2n) is 6.85. The van der Waals surface area contributed by atoms with Gasteiger partial charge >= 0.3 is 0 Å². The quantitative estimate of drug-likeness (QED) is 0.560. The second-order valence-corrected chi connectivity index (χ2v) is 6.85. The fraction of sp³-hybridized carbons (Fsp3) is 0.476. The molecule has 0 spiro atoms. The first kappa shape index (κ1) is 20.1. The topological polar surface area (TPSA) is 68.7 Å². The molecule has 1 aromatic carbocycles. The van der Waals surface area contributed by atoms with E-state index in [-0.39, 0.29) is 0 Å².